The quantitative estimate of drug-likeness (QED) is 0.881. The first-order valence-corrected chi connectivity index (χ1v) is 7.42. The van der Waals surface area contributed by atoms with Gasteiger partial charge < -0.3 is 5.32 Å². The van der Waals surface area contributed by atoms with E-state index in [1.807, 2.05) is 35.9 Å². The Balaban J connectivity index is 2.16. The number of anilines is 1. The molecule has 2 rings (SSSR count). The van der Waals surface area contributed by atoms with Gasteiger partial charge in [-0.1, -0.05) is 32.0 Å². The van der Waals surface area contributed by atoms with Crippen LogP contribution in [0.4, 0.5) is 5.69 Å². The Labute approximate surface area is 118 Å². The van der Waals surface area contributed by atoms with Crippen LogP contribution in [0.3, 0.4) is 0 Å². The summed E-state index contributed by atoms with van der Waals surface area (Å²) in [5, 5.41) is 7.07. The fourth-order valence-electron chi connectivity index (χ4n) is 2.10. The van der Waals surface area contributed by atoms with Gasteiger partial charge in [0, 0.05) is 5.69 Å². The van der Waals surface area contributed by atoms with Gasteiger partial charge in [-0.15, -0.1) is 0 Å². The number of nitrogens with one attached hydrogen (secondary N) is 1. The van der Waals surface area contributed by atoms with Crippen molar-refractivity contribution in [2.24, 2.45) is 0 Å². The molecule has 1 N–H and O–H groups in total. The van der Waals surface area contributed by atoms with Crippen LogP contribution in [0.1, 0.15) is 36.5 Å². The SMILES string of the molecule is Cc1cccc(C(C)C)c1NC(=O)Cc1ccsc1. The van der Waals surface area contributed by atoms with Crippen molar-refractivity contribution in [1.29, 1.82) is 0 Å². The Hall–Kier alpha value is -1.61. The number of thiophene rings is 1. The highest BCUT2D eigenvalue weighted by Crippen LogP contribution is 2.27. The summed E-state index contributed by atoms with van der Waals surface area (Å²) in [7, 11) is 0. The lowest BCUT2D eigenvalue weighted by Crippen LogP contribution is -2.16. The molecule has 2 aromatic rings. The van der Waals surface area contributed by atoms with Crippen LogP contribution in [0.25, 0.3) is 0 Å². The number of rotatable bonds is 4. The summed E-state index contributed by atoms with van der Waals surface area (Å²) in [4.78, 5) is 12.1. The van der Waals surface area contributed by atoms with Crippen LogP contribution in [0.2, 0.25) is 0 Å². The maximum Gasteiger partial charge on any atom is 0.228 e. The number of carbonyl (C=O) groups is 1. The summed E-state index contributed by atoms with van der Waals surface area (Å²) in [5.74, 6) is 0.450. The maximum atomic E-state index is 12.1. The minimum absolute atomic E-state index is 0.0506. The molecule has 1 aromatic heterocycles. The Kier molecular flexibility index (Phi) is 4.38. The third-order valence-corrected chi connectivity index (χ3v) is 3.87. The molecule has 0 radical (unpaired) electrons. The van der Waals surface area contributed by atoms with Crippen molar-refractivity contribution in [3.8, 4) is 0 Å². The van der Waals surface area contributed by atoms with E-state index in [0.29, 0.717) is 12.3 Å². The molecule has 0 saturated carbocycles. The van der Waals surface area contributed by atoms with Gasteiger partial charge in [0.25, 0.3) is 0 Å². The Bertz CT molecular complexity index is 558. The Morgan fingerprint density at radius 1 is 1.32 bits per heavy atom. The predicted octanol–water partition coefficient (Wildman–Crippen LogP) is 4.36. The van der Waals surface area contributed by atoms with E-state index in [1.54, 1.807) is 11.3 Å². The van der Waals surface area contributed by atoms with Crippen molar-refractivity contribution < 1.29 is 4.79 Å². The smallest absolute Gasteiger partial charge is 0.228 e. The minimum atomic E-state index is 0.0506. The van der Waals surface area contributed by atoms with Gasteiger partial charge in [0.15, 0.2) is 0 Å². The molecule has 0 saturated heterocycles. The van der Waals surface area contributed by atoms with Crippen LogP contribution in [0.5, 0.6) is 0 Å². The number of hydrogen-bond donors (Lipinski definition) is 1. The van der Waals surface area contributed by atoms with Crippen LogP contribution >= 0.6 is 11.3 Å². The highest BCUT2D eigenvalue weighted by atomic mass is 32.1. The van der Waals surface area contributed by atoms with E-state index in [4.69, 9.17) is 0 Å². The Morgan fingerprint density at radius 3 is 2.74 bits per heavy atom. The van der Waals surface area contributed by atoms with Gasteiger partial charge in [0.05, 0.1) is 6.42 Å². The summed E-state index contributed by atoms with van der Waals surface area (Å²) in [6, 6.07) is 8.15. The molecule has 0 aliphatic heterocycles. The standard InChI is InChI=1S/C16H19NOS/c1-11(2)14-6-4-5-12(3)16(14)17-15(18)9-13-7-8-19-10-13/h4-8,10-11H,9H2,1-3H3,(H,17,18). The van der Waals surface area contributed by atoms with Gasteiger partial charge in [0.1, 0.15) is 0 Å². The van der Waals surface area contributed by atoms with Crippen molar-refractivity contribution in [1.82, 2.24) is 0 Å². The minimum Gasteiger partial charge on any atom is -0.325 e. The molecule has 0 aliphatic carbocycles. The summed E-state index contributed by atoms with van der Waals surface area (Å²) in [6.45, 7) is 6.32. The van der Waals surface area contributed by atoms with E-state index < -0.39 is 0 Å². The molecule has 0 aliphatic rings. The molecule has 0 unspecified atom stereocenters. The number of benzene rings is 1. The van der Waals surface area contributed by atoms with Crippen molar-refractivity contribution >= 4 is 22.9 Å². The first-order chi connectivity index (χ1) is 9.08. The molecule has 0 bridgehead atoms. The largest absolute Gasteiger partial charge is 0.325 e. The van der Waals surface area contributed by atoms with E-state index in [0.717, 1.165) is 16.8 Å². The highest BCUT2D eigenvalue weighted by Gasteiger charge is 2.12. The lowest BCUT2D eigenvalue weighted by atomic mass is 9.98. The van der Waals surface area contributed by atoms with Gasteiger partial charge in [-0.05, 0) is 46.4 Å². The number of hydrogen-bond acceptors (Lipinski definition) is 2. The highest BCUT2D eigenvalue weighted by molar-refractivity contribution is 7.08. The summed E-state index contributed by atoms with van der Waals surface area (Å²) in [5.41, 5.74) is 4.35. The molecule has 3 heteroatoms. The third-order valence-electron chi connectivity index (χ3n) is 3.14. The van der Waals surface area contributed by atoms with Gasteiger partial charge >= 0.3 is 0 Å². The lowest BCUT2D eigenvalue weighted by Gasteiger charge is -2.16. The second-order valence-electron chi connectivity index (χ2n) is 5.05. The molecule has 2 nitrogen and oxygen atoms in total. The Morgan fingerprint density at radius 2 is 2.11 bits per heavy atom. The van der Waals surface area contributed by atoms with Crippen molar-refractivity contribution in [3.05, 3.63) is 51.7 Å². The number of carbonyl (C=O) groups excluding carboxylic acids is 1. The third kappa shape index (κ3) is 3.44. The molecule has 1 heterocycles. The molecule has 1 aromatic carbocycles. The molecular formula is C16H19NOS. The fourth-order valence-corrected chi connectivity index (χ4v) is 2.77. The molecule has 0 spiro atoms. The zero-order valence-corrected chi connectivity index (χ0v) is 12.4. The molecular weight excluding hydrogens is 254 g/mol. The summed E-state index contributed by atoms with van der Waals surface area (Å²) < 4.78 is 0. The lowest BCUT2D eigenvalue weighted by molar-refractivity contribution is -0.115. The van der Waals surface area contributed by atoms with E-state index >= 15 is 0 Å². The molecule has 1 amide bonds. The number of para-hydroxylation sites is 1. The molecule has 0 atom stereocenters. The second-order valence-corrected chi connectivity index (χ2v) is 5.83. The van der Waals surface area contributed by atoms with Crippen LogP contribution in [-0.4, -0.2) is 5.91 Å². The van der Waals surface area contributed by atoms with Gasteiger partial charge in [-0.3, -0.25) is 4.79 Å². The molecule has 19 heavy (non-hydrogen) atoms. The molecule has 0 fully saturated rings. The second kappa shape index (κ2) is 6.02. The van der Waals surface area contributed by atoms with E-state index in [1.165, 1.54) is 5.56 Å². The van der Waals surface area contributed by atoms with Crippen LogP contribution in [-0.2, 0) is 11.2 Å². The van der Waals surface area contributed by atoms with E-state index in [2.05, 4.69) is 25.2 Å². The monoisotopic (exact) mass is 273 g/mol. The average Bonchev–Trinajstić information content (AvgIpc) is 2.84. The summed E-state index contributed by atoms with van der Waals surface area (Å²) in [6.07, 6.45) is 0.440. The zero-order valence-electron chi connectivity index (χ0n) is 11.6. The van der Waals surface area contributed by atoms with E-state index in [-0.39, 0.29) is 5.91 Å². The van der Waals surface area contributed by atoms with Gasteiger partial charge in [0.2, 0.25) is 5.91 Å². The van der Waals surface area contributed by atoms with Crippen LogP contribution < -0.4 is 5.32 Å². The fraction of sp³-hybridized carbons (Fsp3) is 0.312. The van der Waals surface area contributed by atoms with Crippen LogP contribution in [0.15, 0.2) is 35.0 Å². The average molecular weight is 273 g/mol. The number of amides is 1. The maximum absolute atomic E-state index is 12.1. The normalized spacial score (nSPS) is 10.7. The summed E-state index contributed by atoms with van der Waals surface area (Å²) >= 11 is 1.62. The first-order valence-electron chi connectivity index (χ1n) is 6.48. The molecule has 100 valence electrons. The topological polar surface area (TPSA) is 29.1 Å². The van der Waals surface area contributed by atoms with Crippen molar-refractivity contribution in [3.63, 3.8) is 0 Å². The van der Waals surface area contributed by atoms with Gasteiger partial charge in [-0.25, -0.2) is 0 Å². The van der Waals surface area contributed by atoms with Crippen molar-refractivity contribution in [2.45, 2.75) is 33.1 Å². The van der Waals surface area contributed by atoms with Gasteiger partial charge in [-0.2, -0.15) is 11.3 Å². The van der Waals surface area contributed by atoms with Crippen molar-refractivity contribution in [2.75, 3.05) is 5.32 Å². The van der Waals surface area contributed by atoms with E-state index in [9.17, 15) is 4.79 Å². The first kappa shape index (κ1) is 13.8. The van der Waals surface area contributed by atoms with Crippen LogP contribution in [0, 0.1) is 6.92 Å². The zero-order chi connectivity index (χ0) is 13.8. The predicted molar refractivity (Wildman–Crippen MR) is 81.9 cm³/mol. The number of aryl methyl sites for hydroxylation is 1.